The summed E-state index contributed by atoms with van der Waals surface area (Å²) in [5, 5.41) is 0. The Morgan fingerprint density at radius 1 is 1.30 bits per heavy atom. The highest BCUT2D eigenvalue weighted by Crippen LogP contribution is 2.23. The minimum absolute atomic E-state index is 0.0152. The van der Waals surface area contributed by atoms with Crippen LogP contribution in [-0.4, -0.2) is 46.5 Å². The lowest BCUT2D eigenvalue weighted by molar-refractivity contribution is -0.140. The molecule has 0 fully saturated rings. The molecule has 0 spiro atoms. The van der Waals surface area contributed by atoms with Crippen LogP contribution in [0.4, 0.5) is 0 Å². The first kappa shape index (κ1) is 16.5. The maximum atomic E-state index is 12.3. The minimum atomic E-state index is -3.62. The molecule has 1 aromatic carbocycles. The van der Waals surface area contributed by atoms with Gasteiger partial charge in [0.2, 0.25) is 10.0 Å². The molecule has 1 rings (SSSR count). The van der Waals surface area contributed by atoms with E-state index in [9.17, 15) is 13.2 Å². The summed E-state index contributed by atoms with van der Waals surface area (Å²) in [5.41, 5.74) is 0.731. The van der Waals surface area contributed by atoms with E-state index in [1.807, 2.05) is 0 Å². The molecule has 0 saturated heterocycles. The van der Waals surface area contributed by atoms with Gasteiger partial charge in [0.05, 0.1) is 25.5 Å². The van der Waals surface area contributed by atoms with E-state index in [0.29, 0.717) is 5.75 Å². The van der Waals surface area contributed by atoms with Gasteiger partial charge in [-0.3, -0.25) is 4.79 Å². The Labute approximate surface area is 119 Å². The van der Waals surface area contributed by atoms with Crippen LogP contribution < -0.4 is 4.74 Å². The highest BCUT2D eigenvalue weighted by molar-refractivity contribution is 7.89. The third kappa shape index (κ3) is 3.71. The predicted molar refractivity (Wildman–Crippen MR) is 74.2 cm³/mol. The van der Waals surface area contributed by atoms with E-state index in [2.05, 4.69) is 4.74 Å². The molecule has 6 nitrogen and oxygen atoms in total. The Kier molecular flexibility index (Phi) is 5.52. The van der Waals surface area contributed by atoms with E-state index in [1.165, 1.54) is 27.3 Å². The summed E-state index contributed by atoms with van der Waals surface area (Å²) in [4.78, 5) is 11.2. The van der Waals surface area contributed by atoms with Crippen LogP contribution in [0.1, 0.15) is 12.0 Å². The zero-order chi connectivity index (χ0) is 15.3. The Morgan fingerprint density at radius 3 is 2.45 bits per heavy atom. The normalized spacial score (nSPS) is 11.4. The molecule has 0 aliphatic heterocycles. The average molecular weight is 301 g/mol. The molecule has 0 aliphatic carbocycles. The van der Waals surface area contributed by atoms with Gasteiger partial charge in [0.15, 0.2) is 0 Å². The van der Waals surface area contributed by atoms with Crippen LogP contribution in [0.2, 0.25) is 0 Å². The number of hydrogen-bond acceptors (Lipinski definition) is 5. The lowest BCUT2D eigenvalue weighted by Crippen LogP contribution is -2.29. The molecular formula is C13H19NO5S. The number of sulfonamides is 1. The van der Waals surface area contributed by atoms with E-state index >= 15 is 0 Å². The molecule has 0 saturated carbocycles. The number of carbonyl (C=O) groups is 1. The first-order valence-electron chi connectivity index (χ1n) is 6.00. The molecule has 0 bridgehead atoms. The molecule has 0 aromatic heterocycles. The number of esters is 1. The van der Waals surface area contributed by atoms with E-state index in [0.717, 1.165) is 9.87 Å². The van der Waals surface area contributed by atoms with Crippen LogP contribution in [0.5, 0.6) is 5.75 Å². The summed E-state index contributed by atoms with van der Waals surface area (Å²) in [6.07, 6.45) is 0.0152. The van der Waals surface area contributed by atoms with Gasteiger partial charge in [-0.15, -0.1) is 0 Å². The summed E-state index contributed by atoms with van der Waals surface area (Å²) in [6, 6.07) is 4.63. The largest absolute Gasteiger partial charge is 0.496 e. The third-order valence-corrected chi connectivity index (χ3v) is 4.79. The van der Waals surface area contributed by atoms with Gasteiger partial charge < -0.3 is 9.47 Å². The maximum Gasteiger partial charge on any atom is 0.306 e. The number of hydrogen-bond donors (Lipinski definition) is 0. The van der Waals surface area contributed by atoms with Crippen molar-refractivity contribution in [3.8, 4) is 5.75 Å². The third-order valence-electron chi connectivity index (χ3n) is 2.93. The second kappa shape index (κ2) is 6.71. The smallest absolute Gasteiger partial charge is 0.306 e. The standard InChI is InChI=1S/C13H19NO5S/c1-10-9-11(5-6-12(10)18-3)20(16,17)14(2)8-7-13(15)19-4/h5-6,9H,7-8H2,1-4H3. The van der Waals surface area contributed by atoms with Crippen LogP contribution in [0.25, 0.3) is 0 Å². The molecule has 7 heteroatoms. The van der Waals surface area contributed by atoms with Gasteiger partial charge in [-0.1, -0.05) is 0 Å². The number of methoxy groups -OCH3 is 2. The van der Waals surface area contributed by atoms with Crippen molar-refractivity contribution in [1.82, 2.24) is 4.31 Å². The number of benzene rings is 1. The molecule has 20 heavy (non-hydrogen) atoms. The van der Waals surface area contributed by atoms with Crippen molar-refractivity contribution in [3.63, 3.8) is 0 Å². The van der Waals surface area contributed by atoms with E-state index < -0.39 is 16.0 Å². The Morgan fingerprint density at radius 2 is 1.95 bits per heavy atom. The number of aryl methyl sites for hydroxylation is 1. The second-order valence-electron chi connectivity index (χ2n) is 4.28. The van der Waals surface area contributed by atoms with E-state index in [1.54, 1.807) is 19.1 Å². The van der Waals surface area contributed by atoms with Crippen LogP contribution in [-0.2, 0) is 19.6 Å². The number of rotatable bonds is 6. The van der Waals surface area contributed by atoms with Gasteiger partial charge in [-0.2, -0.15) is 0 Å². The van der Waals surface area contributed by atoms with E-state index in [-0.39, 0.29) is 17.9 Å². The van der Waals surface area contributed by atoms with Gasteiger partial charge in [-0.25, -0.2) is 12.7 Å². The molecule has 0 N–H and O–H groups in total. The number of nitrogens with zero attached hydrogens (tertiary/aromatic N) is 1. The first-order chi connectivity index (χ1) is 9.32. The zero-order valence-corrected chi connectivity index (χ0v) is 12.9. The fraction of sp³-hybridized carbons (Fsp3) is 0.462. The van der Waals surface area contributed by atoms with Crippen molar-refractivity contribution in [3.05, 3.63) is 23.8 Å². The van der Waals surface area contributed by atoms with Gasteiger partial charge in [0.1, 0.15) is 5.75 Å². The number of carbonyl (C=O) groups excluding carboxylic acids is 1. The van der Waals surface area contributed by atoms with Crippen LogP contribution in [0.15, 0.2) is 23.1 Å². The van der Waals surface area contributed by atoms with Gasteiger partial charge >= 0.3 is 5.97 Å². The Bertz CT molecular complexity index is 582. The highest BCUT2D eigenvalue weighted by Gasteiger charge is 2.22. The van der Waals surface area contributed by atoms with Crippen LogP contribution in [0.3, 0.4) is 0 Å². The summed E-state index contributed by atoms with van der Waals surface area (Å²) in [7, 11) is 0.602. The van der Waals surface area contributed by atoms with E-state index in [4.69, 9.17) is 4.74 Å². The average Bonchev–Trinajstić information content (AvgIpc) is 2.43. The highest BCUT2D eigenvalue weighted by atomic mass is 32.2. The lowest BCUT2D eigenvalue weighted by atomic mass is 10.2. The van der Waals surface area contributed by atoms with Gasteiger partial charge in [-0.05, 0) is 30.7 Å². The summed E-state index contributed by atoms with van der Waals surface area (Å²) < 4.78 is 35.4. The quantitative estimate of drug-likeness (QED) is 0.738. The maximum absolute atomic E-state index is 12.3. The molecule has 0 radical (unpaired) electrons. The minimum Gasteiger partial charge on any atom is -0.496 e. The monoisotopic (exact) mass is 301 g/mol. The SMILES string of the molecule is COC(=O)CCN(C)S(=O)(=O)c1ccc(OC)c(C)c1. The Balaban J connectivity index is 2.92. The summed E-state index contributed by atoms with van der Waals surface area (Å²) >= 11 is 0. The first-order valence-corrected chi connectivity index (χ1v) is 7.44. The van der Waals surface area contributed by atoms with Crippen molar-refractivity contribution >= 4 is 16.0 Å². The van der Waals surface area contributed by atoms with Crippen LogP contribution >= 0.6 is 0 Å². The lowest BCUT2D eigenvalue weighted by Gasteiger charge is -2.17. The van der Waals surface area contributed by atoms with Crippen molar-refractivity contribution in [2.24, 2.45) is 0 Å². The fourth-order valence-electron chi connectivity index (χ4n) is 1.66. The predicted octanol–water partition coefficient (Wildman–Crippen LogP) is 1.19. The molecule has 0 amide bonds. The molecular weight excluding hydrogens is 282 g/mol. The molecule has 112 valence electrons. The Hall–Kier alpha value is -1.60. The van der Waals surface area contributed by atoms with Crippen molar-refractivity contribution in [1.29, 1.82) is 0 Å². The zero-order valence-electron chi connectivity index (χ0n) is 12.0. The van der Waals surface area contributed by atoms with Gasteiger partial charge in [0, 0.05) is 13.6 Å². The van der Waals surface area contributed by atoms with Crippen LogP contribution in [0, 0.1) is 6.92 Å². The molecule has 0 heterocycles. The number of ether oxygens (including phenoxy) is 2. The summed E-state index contributed by atoms with van der Waals surface area (Å²) in [5.74, 6) is 0.180. The topological polar surface area (TPSA) is 72.9 Å². The van der Waals surface area contributed by atoms with Crippen molar-refractivity contribution in [2.45, 2.75) is 18.2 Å². The molecule has 0 atom stereocenters. The molecule has 0 unspecified atom stereocenters. The molecule has 1 aromatic rings. The van der Waals surface area contributed by atoms with Crippen molar-refractivity contribution < 1.29 is 22.7 Å². The second-order valence-corrected chi connectivity index (χ2v) is 6.33. The summed E-state index contributed by atoms with van der Waals surface area (Å²) in [6.45, 7) is 1.84. The fourth-order valence-corrected chi connectivity index (χ4v) is 2.92. The van der Waals surface area contributed by atoms with Gasteiger partial charge in [0.25, 0.3) is 0 Å². The molecule has 0 aliphatic rings. The van der Waals surface area contributed by atoms with Crippen molar-refractivity contribution in [2.75, 3.05) is 27.8 Å².